The third-order valence-electron chi connectivity index (χ3n) is 14.6. The molecule has 5 aromatic heterocycles. The van der Waals surface area contributed by atoms with Crippen molar-refractivity contribution in [3.8, 4) is 45.9 Å². The molecular formula is C63H61N15O6. The van der Waals surface area contributed by atoms with Crippen LogP contribution < -0.4 is 42.1 Å². The number of ether oxygens (including phenoxy) is 2. The molecule has 0 spiro atoms. The van der Waals surface area contributed by atoms with Crippen LogP contribution in [0.15, 0.2) is 198 Å². The molecule has 1 aliphatic heterocycles. The van der Waals surface area contributed by atoms with E-state index in [9.17, 15) is 19.2 Å². The second-order valence-electron chi connectivity index (χ2n) is 20.3. The number of anilines is 4. The van der Waals surface area contributed by atoms with Crippen molar-refractivity contribution >= 4 is 57.2 Å². The monoisotopic (exact) mass is 1120 g/mol. The topological polar surface area (TPSA) is 236 Å². The van der Waals surface area contributed by atoms with E-state index in [4.69, 9.17) is 20.9 Å². The van der Waals surface area contributed by atoms with Gasteiger partial charge in [-0.05, 0) is 149 Å². The quantitative estimate of drug-likeness (QED) is 0.0813. The summed E-state index contributed by atoms with van der Waals surface area (Å²) in [6, 6.07) is 44.0. The standard InChI is InChI=1S/C32H31N7O3.C31H30N8O3/c1-36(28(40)13-8-20-37-18-5-6-19-37)24-9-7-10-25(21-24)39-31-29(30(33)34-22-35-31)38(32(39)41)23-14-16-27(17-15-23)42-26-11-3-2-4-12-26;1-36(21-11-12-21)18-6-10-27(40)37(2)23-7-5-8-24(19-23)39-30-28(29(32)34-20-35-30)38(31(39)41)22-13-15-25(16-14-22)42-26-9-3-4-17-33-26/h2-4,7-17,21-22H,5-6,18-20H2,1H3,(H2,33,34,35);3-10,13-17,19-21H,11-12,18H2,1-2H3,(H2,32,34,35)/b13-8+;10-6+. The largest absolute Gasteiger partial charge is 0.457 e. The van der Waals surface area contributed by atoms with Crippen LogP contribution in [0.5, 0.6) is 23.1 Å². The minimum Gasteiger partial charge on any atom is -0.457 e. The van der Waals surface area contributed by atoms with Gasteiger partial charge in [-0.2, -0.15) is 0 Å². The average Bonchev–Trinajstić information content (AvgIpc) is 4.26. The van der Waals surface area contributed by atoms with Gasteiger partial charge in [0.15, 0.2) is 22.9 Å². The number of pyridine rings is 1. The summed E-state index contributed by atoms with van der Waals surface area (Å²) in [5.41, 5.74) is 16.7. The molecule has 2 aliphatic rings. The van der Waals surface area contributed by atoms with Gasteiger partial charge >= 0.3 is 11.4 Å². The second-order valence-corrected chi connectivity index (χ2v) is 20.3. The van der Waals surface area contributed by atoms with Crippen molar-refractivity contribution in [2.45, 2.75) is 31.7 Å². The van der Waals surface area contributed by atoms with Crippen LogP contribution in [0.25, 0.3) is 45.1 Å². The number of hydrogen-bond donors (Lipinski definition) is 2. The number of likely N-dealkylation sites (tertiary alicyclic amines) is 1. The number of para-hydroxylation sites is 1. The zero-order valence-electron chi connectivity index (χ0n) is 46.6. The van der Waals surface area contributed by atoms with Crippen LogP contribution in [0.2, 0.25) is 0 Å². The first-order chi connectivity index (χ1) is 40.9. The first-order valence-corrected chi connectivity index (χ1v) is 27.4. The van der Waals surface area contributed by atoms with Gasteiger partial charge in [0.1, 0.15) is 40.9 Å². The maximum absolute atomic E-state index is 14.0. The number of likely N-dealkylation sites (N-methyl/N-ethyl adjacent to an activating group) is 3. The Kier molecular flexibility index (Phi) is 16.3. The Morgan fingerprint density at radius 2 is 1.05 bits per heavy atom. The summed E-state index contributed by atoms with van der Waals surface area (Å²) in [5.74, 6) is 2.38. The fourth-order valence-corrected chi connectivity index (χ4v) is 9.93. The molecule has 4 N–H and O–H groups in total. The van der Waals surface area contributed by atoms with Crippen molar-refractivity contribution in [1.29, 1.82) is 0 Å². The van der Waals surface area contributed by atoms with Gasteiger partial charge in [-0.3, -0.25) is 28.5 Å². The summed E-state index contributed by atoms with van der Waals surface area (Å²) in [6.45, 7) is 3.61. The minimum absolute atomic E-state index is 0.148. The number of rotatable bonds is 17. The summed E-state index contributed by atoms with van der Waals surface area (Å²) < 4.78 is 17.6. The molecule has 84 heavy (non-hydrogen) atoms. The van der Waals surface area contributed by atoms with E-state index in [0.29, 0.717) is 85.6 Å². The van der Waals surface area contributed by atoms with Gasteiger partial charge in [-0.1, -0.05) is 48.6 Å². The molecule has 0 radical (unpaired) electrons. The van der Waals surface area contributed by atoms with Gasteiger partial charge < -0.3 is 30.7 Å². The van der Waals surface area contributed by atoms with Crippen molar-refractivity contribution < 1.29 is 19.1 Å². The van der Waals surface area contributed by atoms with E-state index < -0.39 is 0 Å². The number of carbonyl (C=O) groups is 2. The molecule has 2 fully saturated rings. The zero-order chi connectivity index (χ0) is 58.3. The number of benzene rings is 5. The average molecular weight is 1120 g/mol. The first-order valence-electron chi connectivity index (χ1n) is 27.4. The Balaban J connectivity index is 0.000000175. The third kappa shape index (κ3) is 12.1. The number of aromatic nitrogens is 9. The Morgan fingerprint density at radius 1 is 0.548 bits per heavy atom. The molecule has 10 aromatic rings. The molecule has 1 aliphatic carbocycles. The van der Waals surface area contributed by atoms with Gasteiger partial charge in [-0.15, -0.1) is 0 Å². The second kappa shape index (κ2) is 24.7. The van der Waals surface area contributed by atoms with E-state index in [1.54, 1.807) is 133 Å². The van der Waals surface area contributed by atoms with Crippen molar-refractivity contribution in [3.63, 3.8) is 0 Å². The number of fused-ring (bicyclic) bond motifs is 2. The van der Waals surface area contributed by atoms with Crippen LogP contribution in [0.1, 0.15) is 25.7 Å². The van der Waals surface area contributed by atoms with Crippen LogP contribution in [0.4, 0.5) is 23.0 Å². The predicted molar refractivity (Wildman–Crippen MR) is 325 cm³/mol. The summed E-state index contributed by atoms with van der Waals surface area (Å²) in [6.07, 6.45) is 16.1. The molecule has 2 amide bonds. The molecule has 0 bridgehead atoms. The molecule has 6 heterocycles. The van der Waals surface area contributed by atoms with E-state index in [2.05, 4.69) is 41.8 Å². The lowest BCUT2D eigenvalue weighted by Gasteiger charge is -2.17. The molecule has 0 atom stereocenters. The molecule has 5 aromatic carbocycles. The number of amides is 2. The number of imidazole rings is 2. The van der Waals surface area contributed by atoms with Crippen molar-refractivity contribution in [1.82, 2.24) is 53.0 Å². The van der Waals surface area contributed by atoms with E-state index in [1.165, 1.54) is 56.6 Å². The molecule has 21 nitrogen and oxygen atoms in total. The van der Waals surface area contributed by atoms with Crippen LogP contribution in [0, 0.1) is 0 Å². The van der Waals surface area contributed by atoms with Crippen LogP contribution in [-0.2, 0) is 9.59 Å². The third-order valence-corrected chi connectivity index (χ3v) is 14.6. The normalized spacial score (nSPS) is 13.4. The number of nitrogens with zero attached hydrogens (tertiary/aromatic N) is 13. The summed E-state index contributed by atoms with van der Waals surface area (Å²) in [7, 11) is 5.48. The fraction of sp³-hybridized carbons (Fsp3) is 0.190. The minimum atomic E-state index is -0.385. The highest BCUT2D eigenvalue weighted by Gasteiger charge is 2.26. The van der Waals surface area contributed by atoms with Crippen molar-refractivity contribution in [2.24, 2.45) is 0 Å². The smallest absolute Gasteiger partial charge is 0.339 e. The van der Waals surface area contributed by atoms with Crippen LogP contribution >= 0.6 is 0 Å². The number of nitrogen functional groups attached to an aromatic ring is 2. The van der Waals surface area contributed by atoms with E-state index >= 15 is 0 Å². The number of nitrogens with two attached hydrogens (primary N) is 2. The summed E-state index contributed by atoms with van der Waals surface area (Å²) in [4.78, 5) is 82.7. The molecule has 12 rings (SSSR count). The Hall–Kier alpha value is -10.5. The fourth-order valence-electron chi connectivity index (χ4n) is 9.93. The molecule has 424 valence electrons. The van der Waals surface area contributed by atoms with Crippen LogP contribution in [0.3, 0.4) is 0 Å². The van der Waals surface area contributed by atoms with Gasteiger partial charge in [0.05, 0.1) is 22.7 Å². The number of hydrogen-bond acceptors (Lipinski definition) is 15. The lowest BCUT2D eigenvalue weighted by molar-refractivity contribution is -0.114. The Morgan fingerprint density at radius 3 is 1.56 bits per heavy atom. The van der Waals surface area contributed by atoms with Crippen LogP contribution in [-0.4, -0.2) is 118 Å². The first kappa shape index (κ1) is 55.4. The van der Waals surface area contributed by atoms with Crippen molar-refractivity contribution in [2.75, 3.05) is 68.6 Å². The maximum atomic E-state index is 14.0. The van der Waals surface area contributed by atoms with Gasteiger partial charge in [-0.25, -0.2) is 43.6 Å². The molecule has 21 heteroatoms. The highest BCUT2D eigenvalue weighted by atomic mass is 16.5. The highest BCUT2D eigenvalue weighted by Crippen LogP contribution is 2.30. The van der Waals surface area contributed by atoms with E-state index in [-0.39, 0.29) is 34.8 Å². The lowest BCUT2D eigenvalue weighted by atomic mass is 10.2. The molecule has 1 saturated carbocycles. The van der Waals surface area contributed by atoms with Gasteiger partial charge in [0.2, 0.25) is 17.7 Å². The predicted octanol–water partition coefficient (Wildman–Crippen LogP) is 8.51. The lowest BCUT2D eigenvalue weighted by Crippen LogP contribution is -2.26. The zero-order valence-corrected chi connectivity index (χ0v) is 46.6. The summed E-state index contributed by atoms with van der Waals surface area (Å²) in [5, 5.41) is 0. The van der Waals surface area contributed by atoms with Gasteiger partial charge in [0, 0.05) is 69.0 Å². The van der Waals surface area contributed by atoms with Gasteiger partial charge in [0.25, 0.3) is 0 Å². The SMILES string of the molecule is CN(C(=O)/C=C/CN(C)C1CC1)c1cccc(-n2c(=O)n(-c3ccc(Oc4ccccn4)cc3)c3c(N)ncnc32)c1.CN(C(=O)/C=C/CN1CCCC1)c1cccc(-n2c(=O)n(-c3ccc(Oc4ccccc4)cc3)c3c(N)ncnc32)c1. The maximum Gasteiger partial charge on any atom is 0.339 e. The van der Waals surface area contributed by atoms with Crippen molar-refractivity contribution in [3.05, 3.63) is 210 Å². The highest BCUT2D eigenvalue weighted by molar-refractivity contribution is 6.02. The Bertz CT molecular complexity index is 3910. The number of carbonyl (C=O) groups excluding carboxylic acids is 2. The molecular weight excluding hydrogens is 1060 g/mol. The molecule has 1 saturated heterocycles. The Labute approximate surface area is 483 Å². The summed E-state index contributed by atoms with van der Waals surface area (Å²) >= 11 is 0. The van der Waals surface area contributed by atoms with E-state index in [0.717, 1.165) is 26.2 Å². The molecule has 0 unspecified atom stereocenters. The van der Waals surface area contributed by atoms with E-state index in [1.807, 2.05) is 66.7 Å².